The van der Waals surface area contributed by atoms with E-state index >= 15 is 0 Å². The van der Waals surface area contributed by atoms with E-state index in [-0.39, 0.29) is 56.6 Å². The minimum Gasteiger partial charge on any atom is -0.355 e. The zero-order valence-corrected chi connectivity index (χ0v) is 16.9. The molecule has 0 aromatic heterocycles. The standard InChI is InChI=1S/C19H30N4O6/c1-2-3-12-22-13-4-5-14(22)19(28)21-10-8-15(24)20-11-9-18(27)29-23-16(25)6-7-17(23)26/h14H,2-13H2,1H3,(H,20,24)(H,21,28). The quantitative estimate of drug-likeness (QED) is 0.455. The zero-order chi connectivity index (χ0) is 21.2. The van der Waals surface area contributed by atoms with E-state index in [4.69, 9.17) is 4.84 Å². The van der Waals surface area contributed by atoms with Gasteiger partial charge in [0.25, 0.3) is 11.8 Å². The van der Waals surface area contributed by atoms with Gasteiger partial charge in [0.05, 0.1) is 12.5 Å². The molecule has 10 heteroatoms. The highest BCUT2D eigenvalue weighted by molar-refractivity contribution is 6.01. The van der Waals surface area contributed by atoms with Crippen LogP contribution in [0.2, 0.25) is 0 Å². The van der Waals surface area contributed by atoms with Crippen LogP contribution < -0.4 is 10.6 Å². The number of carbonyl (C=O) groups excluding carboxylic acids is 5. The number of imide groups is 1. The average Bonchev–Trinajstić information content (AvgIpc) is 3.28. The normalized spacial score (nSPS) is 19.5. The number of carbonyl (C=O) groups is 5. The van der Waals surface area contributed by atoms with E-state index in [2.05, 4.69) is 22.5 Å². The zero-order valence-electron chi connectivity index (χ0n) is 16.9. The van der Waals surface area contributed by atoms with Crippen LogP contribution in [0.5, 0.6) is 0 Å². The fraction of sp³-hybridized carbons (Fsp3) is 0.737. The Morgan fingerprint density at radius 2 is 1.76 bits per heavy atom. The molecular weight excluding hydrogens is 380 g/mol. The van der Waals surface area contributed by atoms with Crippen LogP contribution in [-0.2, 0) is 28.8 Å². The summed E-state index contributed by atoms with van der Waals surface area (Å²) < 4.78 is 0. The Balaban J connectivity index is 1.57. The van der Waals surface area contributed by atoms with Gasteiger partial charge in [0.2, 0.25) is 11.8 Å². The fourth-order valence-corrected chi connectivity index (χ4v) is 3.37. The van der Waals surface area contributed by atoms with Crippen LogP contribution in [0.25, 0.3) is 0 Å². The monoisotopic (exact) mass is 410 g/mol. The van der Waals surface area contributed by atoms with Crippen molar-refractivity contribution in [3.8, 4) is 0 Å². The number of hydrogen-bond donors (Lipinski definition) is 2. The Hall–Kier alpha value is -2.49. The lowest BCUT2D eigenvalue weighted by atomic mass is 10.2. The molecule has 2 N–H and O–H groups in total. The van der Waals surface area contributed by atoms with Gasteiger partial charge in [-0.3, -0.25) is 24.1 Å². The predicted octanol–water partition coefficient (Wildman–Crippen LogP) is -0.129. The van der Waals surface area contributed by atoms with Crippen molar-refractivity contribution in [3.63, 3.8) is 0 Å². The Bertz CT molecular complexity index is 622. The first-order chi connectivity index (χ1) is 13.9. The number of likely N-dealkylation sites (tertiary alicyclic amines) is 1. The summed E-state index contributed by atoms with van der Waals surface area (Å²) in [5, 5.41) is 5.83. The van der Waals surface area contributed by atoms with E-state index in [1.165, 1.54) is 0 Å². The van der Waals surface area contributed by atoms with E-state index in [0.717, 1.165) is 38.8 Å². The van der Waals surface area contributed by atoms with Crippen molar-refractivity contribution in [3.05, 3.63) is 0 Å². The maximum Gasteiger partial charge on any atom is 0.334 e. The van der Waals surface area contributed by atoms with Gasteiger partial charge in [-0.25, -0.2) is 4.79 Å². The molecule has 0 radical (unpaired) electrons. The van der Waals surface area contributed by atoms with Gasteiger partial charge in [0.1, 0.15) is 0 Å². The predicted molar refractivity (Wildman–Crippen MR) is 102 cm³/mol. The van der Waals surface area contributed by atoms with Gasteiger partial charge in [-0.2, -0.15) is 0 Å². The third kappa shape index (κ3) is 7.12. The summed E-state index contributed by atoms with van der Waals surface area (Å²) in [4.78, 5) is 65.4. The SMILES string of the molecule is CCCCN1CCCC1C(=O)NCCC(=O)NCCC(=O)ON1C(=O)CCC1=O. The van der Waals surface area contributed by atoms with Gasteiger partial charge < -0.3 is 15.5 Å². The van der Waals surface area contributed by atoms with Crippen molar-refractivity contribution in [1.29, 1.82) is 0 Å². The van der Waals surface area contributed by atoms with Crippen LogP contribution >= 0.6 is 0 Å². The summed E-state index contributed by atoms with van der Waals surface area (Å²) in [5.41, 5.74) is 0. The highest BCUT2D eigenvalue weighted by Crippen LogP contribution is 2.17. The molecule has 29 heavy (non-hydrogen) atoms. The fourth-order valence-electron chi connectivity index (χ4n) is 3.37. The molecule has 10 nitrogen and oxygen atoms in total. The number of nitrogens with zero attached hydrogens (tertiary/aromatic N) is 2. The van der Waals surface area contributed by atoms with Crippen molar-refractivity contribution < 1.29 is 28.8 Å². The molecule has 0 spiro atoms. The lowest BCUT2D eigenvalue weighted by Crippen LogP contribution is -2.44. The molecule has 162 valence electrons. The molecule has 2 heterocycles. The number of nitrogens with one attached hydrogen (secondary N) is 2. The molecular formula is C19H30N4O6. The Morgan fingerprint density at radius 1 is 1.07 bits per heavy atom. The molecule has 2 aliphatic heterocycles. The average molecular weight is 410 g/mol. The van der Waals surface area contributed by atoms with Crippen LogP contribution in [0.15, 0.2) is 0 Å². The van der Waals surface area contributed by atoms with Gasteiger partial charge in [0.15, 0.2) is 0 Å². The van der Waals surface area contributed by atoms with Gasteiger partial charge in [-0.15, -0.1) is 5.06 Å². The maximum absolute atomic E-state index is 12.3. The molecule has 0 aromatic rings. The number of rotatable bonds is 11. The lowest BCUT2D eigenvalue weighted by Gasteiger charge is -2.23. The third-order valence-electron chi connectivity index (χ3n) is 4.97. The van der Waals surface area contributed by atoms with Crippen LogP contribution in [0.4, 0.5) is 0 Å². The van der Waals surface area contributed by atoms with Gasteiger partial charge >= 0.3 is 5.97 Å². The lowest BCUT2D eigenvalue weighted by molar-refractivity contribution is -0.197. The summed E-state index contributed by atoms with van der Waals surface area (Å²) in [5.74, 6) is -2.21. The largest absolute Gasteiger partial charge is 0.355 e. The smallest absolute Gasteiger partial charge is 0.334 e. The van der Waals surface area contributed by atoms with Gasteiger partial charge in [-0.1, -0.05) is 13.3 Å². The van der Waals surface area contributed by atoms with Crippen LogP contribution in [0.3, 0.4) is 0 Å². The molecule has 0 saturated carbocycles. The van der Waals surface area contributed by atoms with E-state index in [9.17, 15) is 24.0 Å². The second-order valence-corrected chi connectivity index (χ2v) is 7.23. The highest BCUT2D eigenvalue weighted by Gasteiger charge is 2.32. The van der Waals surface area contributed by atoms with Crippen molar-refractivity contribution in [2.75, 3.05) is 26.2 Å². The number of hydrogen-bond acceptors (Lipinski definition) is 7. The Labute approximate surface area is 170 Å². The highest BCUT2D eigenvalue weighted by atomic mass is 16.7. The van der Waals surface area contributed by atoms with Crippen molar-refractivity contribution in [2.24, 2.45) is 0 Å². The molecule has 4 amide bonds. The summed E-state index contributed by atoms with van der Waals surface area (Å²) in [6, 6.07) is -0.115. The van der Waals surface area contributed by atoms with Gasteiger partial charge in [-0.05, 0) is 32.4 Å². The summed E-state index contributed by atoms with van der Waals surface area (Å²) in [6.07, 6.45) is 4.00. The van der Waals surface area contributed by atoms with E-state index < -0.39 is 17.8 Å². The van der Waals surface area contributed by atoms with Crippen molar-refractivity contribution in [2.45, 2.75) is 64.3 Å². The van der Waals surface area contributed by atoms with Crippen LogP contribution in [0, 0.1) is 0 Å². The Kier molecular flexibility index (Phi) is 9.04. The van der Waals surface area contributed by atoms with E-state index in [1.54, 1.807) is 0 Å². The summed E-state index contributed by atoms with van der Waals surface area (Å²) in [7, 11) is 0. The molecule has 0 aliphatic carbocycles. The Morgan fingerprint density at radius 3 is 2.45 bits per heavy atom. The number of unbranched alkanes of at least 4 members (excludes halogenated alkanes) is 1. The van der Waals surface area contributed by atoms with Gasteiger partial charge in [0, 0.05) is 32.4 Å². The maximum atomic E-state index is 12.3. The van der Waals surface area contributed by atoms with Crippen molar-refractivity contribution >= 4 is 29.6 Å². The first-order valence-electron chi connectivity index (χ1n) is 10.3. The summed E-state index contributed by atoms with van der Waals surface area (Å²) in [6.45, 7) is 4.22. The molecule has 0 aromatic carbocycles. The van der Waals surface area contributed by atoms with Crippen molar-refractivity contribution in [1.82, 2.24) is 20.6 Å². The molecule has 1 atom stereocenters. The minimum absolute atomic E-state index is 0.0231. The minimum atomic E-state index is -0.768. The molecule has 1 unspecified atom stereocenters. The topological polar surface area (TPSA) is 125 Å². The van der Waals surface area contributed by atoms with E-state index in [1.807, 2.05) is 0 Å². The second kappa shape index (κ2) is 11.5. The molecule has 2 saturated heterocycles. The molecule has 2 aliphatic rings. The molecule has 2 rings (SSSR count). The number of amides is 4. The van der Waals surface area contributed by atoms with E-state index in [0.29, 0.717) is 5.06 Å². The number of hydroxylamine groups is 2. The molecule has 2 fully saturated rings. The summed E-state index contributed by atoms with van der Waals surface area (Å²) >= 11 is 0. The van der Waals surface area contributed by atoms with Crippen LogP contribution in [0.1, 0.15) is 58.3 Å². The second-order valence-electron chi connectivity index (χ2n) is 7.23. The third-order valence-corrected chi connectivity index (χ3v) is 4.97. The van der Waals surface area contributed by atoms with Crippen LogP contribution in [-0.4, -0.2) is 71.8 Å². The first kappa shape index (κ1) is 22.8. The first-order valence-corrected chi connectivity index (χ1v) is 10.3. The molecule has 0 bridgehead atoms.